The minimum absolute atomic E-state index is 0.0525. The summed E-state index contributed by atoms with van der Waals surface area (Å²) in [5, 5.41) is 0. The van der Waals surface area contributed by atoms with Gasteiger partial charge in [-0.25, -0.2) is 8.42 Å². The highest BCUT2D eigenvalue weighted by Gasteiger charge is 2.31. The largest absolute Gasteiger partial charge is 0.495 e. The number of aromatic nitrogens is 1. The molecule has 1 heterocycles. The van der Waals surface area contributed by atoms with Crippen LogP contribution in [0.2, 0.25) is 0 Å². The highest BCUT2D eigenvalue weighted by Crippen LogP contribution is 2.36. The second kappa shape index (κ2) is 6.99. The Morgan fingerprint density at radius 3 is 2.37 bits per heavy atom. The molecule has 27 heavy (non-hydrogen) atoms. The molecule has 0 spiro atoms. The van der Waals surface area contributed by atoms with E-state index >= 15 is 0 Å². The minimum atomic E-state index is -4.56. The van der Waals surface area contributed by atoms with Gasteiger partial charge in [-0.05, 0) is 29.8 Å². The van der Waals surface area contributed by atoms with E-state index in [-0.39, 0.29) is 16.3 Å². The topological polar surface area (TPSA) is 71.2 Å². The molecule has 3 rings (SSSR count). The first-order chi connectivity index (χ1) is 12.7. The molecular formula is C18H15F3N2O3S. The number of anilines is 1. The quantitative estimate of drug-likeness (QED) is 0.667. The van der Waals surface area contributed by atoms with Crippen molar-refractivity contribution in [2.45, 2.75) is 11.1 Å². The van der Waals surface area contributed by atoms with Gasteiger partial charge in [0.05, 0.1) is 18.4 Å². The van der Waals surface area contributed by atoms with Crippen LogP contribution in [-0.2, 0) is 16.2 Å². The lowest BCUT2D eigenvalue weighted by atomic mass is 10.2. The van der Waals surface area contributed by atoms with E-state index in [1.54, 1.807) is 0 Å². The predicted molar refractivity (Wildman–Crippen MR) is 95.0 cm³/mol. The second-order valence-corrected chi connectivity index (χ2v) is 7.32. The standard InChI is InChI=1S/C18H15F3N2O3S/c1-26-17-9-13(18(19,20)21)7-8-15(17)23-27(24,25)14-10-16(22-11-14)12-5-3-2-4-6-12/h2-11,22-23H,1H3. The minimum Gasteiger partial charge on any atom is -0.495 e. The second-order valence-electron chi connectivity index (χ2n) is 5.63. The molecule has 0 aliphatic rings. The Balaban J connectivity index is 1.90. The molecule has 0 saturated carbocycles. The average molecular weight is 396 g/mol. The van der Waals surface area contributed by atoms with Gasteiger partial charge in [0.15, 0.2) is 0 Å². The third kappa shape index (κ3) is 4.08. The zero-order chi connectivity index (χ0) is 19.7. The molecule has 0 aliphatic carbocycles. The van der Waals surface area contributed by atoms with Crippen molar-refractivity contribution in [3.05, 3.63) is 66.4 Å². The smallest absolute Gasteiger partial charge is 0.416 e. The highest BCUT2D eigenvalue weighted by molar-refractivity contribution is 7.92. The van der Waals surface area contributed by atoms with E-state index in [1.165, 1.54) is 12.3 Å². The first-order valence-electron chi connectivity index (χ1n) is 7.72. The number of nitrogens with one attached hydrogen (secondary N) is 2. The van der Waals surface area contributed by atoms with Gasteiger partial charge in [-0.2, -0.15) is 13.2 Å². The number of halogens is 3. The summed E-state index contributed by atoms with van der Waals surface area (Å²) in [6.45, 7) is 0. The molecule has 0 saturated heterocycles. The molecule has 0 atom stereocenters. The summed E-state index contributed by atoms with van der Waals surface area (Å²) in [4.78, 5) is 2.82. The van der Waals surface area contributed by atoms with Crippen LogP contribution in [-0.4, -0.2) is 20.5 Å². The van der Waals surface area contributed by atoms with E-state index in [9.17, 15) is 21.6 Å². The fraction of sp³-hybridized carbons (Fsp3) is 0.111. The van der Waals surface area contributed by atoms with Gasteiger partial charge in [0.2, 0.25) is 0 Å². The summed E-state index contributed by atoms with van der Waals surface area (Å²) >= 11 is 0. The summed E-state index contributed by atoms with van der Waals surface area (Å²) in [5.41, 5.74) is 0.365. The zero-order valence-electron chi connectivity index (χ0n) is 14.0. The fourth-order valence-corrected chi connectivity index (χ4v) is 3.53. The van der Waals surface area contributed by atoms with Crippen molar-refractivity contribution in [1.82, 2.24) is 4.98 Å². The Bertz CT molecular complexity index is 1050. The number of aromatic amines is 1. The molecule has 142 valence electrons. The Morgan fingerprint density at radius 1 is 1.04 bits per heavy atom. The molecule has 2 aromatic carbocycles. The van der Waals surface area contributed by atoms with Gasteiger partial charge < -0.3 is 9.72 Å². The third-order valence-corrected chi connectivity index (χ3v) is 5.17. The van der Waals surface area contributed by atoms with Crippen LogP contribution in [0.5, 0.6) is 5.75 Å². The molecule has 0 bridgehead atoms. The molecule has 0 aliphatic heterocycles. The van der Waals surface area contributed by atoms with Crippen molar-refractivity contribution >= 4 is 15.7 Å². The van der Waals surface area contributed by atoms with Crippen molar-refractivity contribution < 1.29 is 26.3 Å². The van der Waals surface area contributed by atoms with Gasteiger partial charge in [-0.3, -0.25) is 4.72 Å². The number of hydrogen-bond donors (Lipinski definition) is 2. The molecule has 9 heteroatoms. The zero-order valence-corrected chi connectivity index (χ0v) is 14.9. The summed E-state index contributed by atoms with van der Waals surface area (Å²) < 4.78 is 70.7. The first kappa shape index (κ1) is 18.8. The van der Waals surface area contributed by atoms with E-state index in [1.807, 2.05) is 30.3 Å². The number of rotatable bonds is 5. The molecule has 1 aromatic heterocycles. The number of sulfonamides is 1. The van der Waals surface area contributed by atoms with E-state index in [2.05, 4.69) is 9.71 Å². The lowest BCUT2D eigenvalue weighted by Gasteiger charge is -2.14. The SMILES string of the molecule is COc1cc(C(F)(F)F)ccc1NS(=O)(=O)c1c[nH]c(-c2ccccc2)c1. The van der Waals surface area contributed by atoms with Crippen LogP contribution >= 0.6 is 0 Å². The van der Waals surface area contributed by atoms with Crippen molar-refractivity contribution in [3.8, 4) is 17.0 Å². The van der Waals surface area contributed by atoms with Crippen LogP contribution in [0.4, 0.5) is 18.9 Å². The molecular weight excluding hydrogens is 381 g/mol. The Hall–Kier alpha value is -2.94. The lowest BCUT2D eigenvalue weighted by molar-refractivity contribution is -0.137. The summed E-state index contributed by atoms with van der Waals surface area (Å²) in [5.74, 6) is -0.229. The molecule has 5 nitrogen and oxygen atoms in total. The Labute approximate surface area is 153 Å². The monoisotopic (exact) mass is 396 g/mol. The van der Waals surface area contributed by atoms with Crippen LogP contribution in [0.1, 0.15) is 5.56 Å². The van der Waals surface area contributed by atoms with Crippen LogP contribution in [0, 0.1) is 0 Å². The molecule has 3 aromatic rings. The van der Waals surface area contributed by atoms with Gasteiger partial charge in [0.25, 0.3) is 10.0 Å². The van der Waals surface area contributed by atoms with Crippen LogP contribution in [0.15, 0.2) is 65.7 Å². The van der Waals surface area contributed by atoms with Crippen LogP contribution in [0.25, 0.3) is 11.3 Å². The van der Waals surface area contributed by atoms with Gasteiger partial charge in [-0.15, -0.1) is 0 Å². The number of hydrogen-bond acceptors (Lipinski definition) is 3. The highest BCUT2D eigenvalue weighted by atomic mass is 32.2. The van der Waals surface area contributed by atoms with Crippen molar-refractivity contribution in [1.29, 1.82) is 0 Å². The van der Waals surface area contributed by atoms with Crippen LogP contribution in [0.3, 0.4) is 0 Å². The van der Waals surface area contributed by atoms with Crippen molar-refractivity contribution in [2.24, 2.45) is 0 Å². The van der Waals surface area contributed by atoms with Crippen LogP contribution < -0.4 is 9.46 Å². The van der Waals surface area contributed by atoms with E-state index in [4.69, 9.17) is 4.74 Å². The van der Waals surface area contributed by atoms with Crippen molar-refractivity contribution in [3.63, 3.8) is 0 Å². The lowest BCUT2D eigenvalue weighted by Crippen LogP contribution is -2.13. The van der Waals surface area contributed by atoms with Gasteiger partial charge in [0.1, 0.15) is 10.6 Å². The number of methoxy groups -OCH3 is 1. The molecule has 2 N–H and O–H groups in total. The summed E-state index contributed by atoms with van der Waals surface area (Å²) in [6.07, 6.45) is -3.25. The number of ether oxygens (including phenoxy) is 1. The average Bonchev–Trinajstić information content (AvgIpc) is 3.13. The third-order valence-electron chi connectivity index (χ3n) is 3.82. The van der Waals surface area contributed by atoms with E-state index in [0.29, 0.717) is 5.69 Å². The number of benzene rings is 2. The Kier molecular flexibility index (Phi) is 4.88. The first-order valence-corrected chi connectivity index (χ1v) is 9.21. The van der Waals surface area contributed by atoms with Gasteiger partial charge in [-0.1, -0.05) is 30.3 Å². The summed E-state index contributed by atoms with van der Waals surface area (Å²) in [6, 6.07) is 13.1. The maximum absolute atomic E-state index is 12.8. The predicted octanol–water partition coefficient (Wildman–Crippen LogP) is 4.51. The molecule has 0 amide bonds. The maximum atomic E-state index is 12.8. The Morgan fingerprint density at radius 2 is 1.74 bits per heavy atom. The van der Waals surface area contributed by atoms with E-state index in [0.717, 1.165) is 30.9 Å². The maximum Gasteiger partial charge on any atom is 0.416 e. The normalized spacial score (nSPS) is 12.0. The van der Waals surface area contributed by atoms with Crippen molar-refractivity contribution in [2.75, 3.05) is 11.8 Å². The number of H-pyrrole nitrogens is 1. The van der Waals surface area contributed by atoms with E-state index < -0.39 is 21.8 Å². The van der Waals surface area contributed by atoms with Gasteiger partial charge in [0, 0.05) is 11.9 Å². The number of alkyl halides is 3. The molecule has 0 unspecified atom stereocenters. The fourth-order valence-electron chi connectivity index (χ4n) is 2.47. The summed E-state index contributed by atoms with van der Waals surface area (Å²) in [7, 11) is -2.86. The molecule has 0 fully saturated rings. The van der Waals surface area contributed by atoms with Gasteiger partial charge >= 0.3 is 6.18 Å². The molecule has 0 radical (unpaired) electrons.